The minimum atomic E-state index is 0.388. The molecule has 5 heteroatoms. The van der Waals surface area contributed by atoms with Crippen molar-refractivity contribution in [2.24, 2.45) is 11.1 Å². The molecule has 1 fully saturated rings. The summed E-state index contributed by atoms with van der Waals surface area (Å²) in [6.07, 6.45) is 4.76. The van der Waals surface area contributed by atoms with Gasteiger partial charge in [0.05, 0.1) is 11.3 Å². The van der Waals surface area contributed by atoms with Crippen LogP contribution >= 0.6 is 12.2 Å². The van der Waals surface area contributed by atoms with Crippen LogP contribution in [0.3, 0.4) is 0 Å². The molecule has 1 aliphatic carbocycles. The maximum atomic E-state index is 5.86. The fraction of sp³-hybridized carbons (Fsp3) is 0.667. The Balaban J connectivity index is 2.18. The molecule has 2 rings (SSSR count). The topological polar surface area (TPSA) is 63.8 Å². The van der Waals surface area contributed by atoms with Crippen LogP contribution in [0.4, 0.5) is 5.82 Å². The lowest BCUT2D eigenvalue weighted by Gasteiger charge is -2.35. The van der Waals surface area contributed by atoms with E-state index in [0.717, 1.165) is 35.5 Å². The van der Waals surface area contributed by atoms with Crippen LogP contribution in [0.2, 0.25) is 0 Å². The summed E-state index contributed by atoms with van der Waals surface area (Å²) in [6, 6.07) is 0.438. The predicted molar refractivity (Wildman–Crippen MR) is 87.1 cm³/mol. The molecule has 110 valence electrons. The summed E-state index contributed by atoms with van der Waals surface area (Å²) < 4.78 is 0. The third-order valence-corrected chi connectivity index (χ3v) is 4.59. The highest BCUT2D eigenvalue weighted by Gasteiger charge is 2.27. The number of aryl methyl sites for hydroxylation is 1. The maximum absolute atomic E-state index is 5.86. The summed E-state index contributed by atoms with van der Waals surface area (Å²) in [7, 11) is 0. The number of thiocarbonyl (C=S) groups is 1. The highest BCUT2D eigenvalue weighted by Crippen LogP contribution is 2.36. The van der Waals surface area contributed by atoms with Crippen LogP contribution in [0.25, 0.3) is 0 Å². The van der Waals surface area contributed by atoms with Crippen LogP contribution in [-0.4, -0.2) is 21.2 Å². The zero-order chi connectivity index (χ0) is 14.9. The van der Waals surface area contributed by atoms with E-state index in [0.29, 0.717) is 16.4 Å². The van der Waals surface area contributed by atoms with E-state index in [-0.39, 0.29) is 0 Å². The number of aromatic nitrogens is 2. The molecule has 1 saturated carbocycles. The van der Waals surface area contributed by atoms with Crippen molar-refractivity contribution in [2.75, 3.05) is 5.32 Å². The number of nitrogens with two attached hydrogens (primary N) is 1. The lowest BCUT2D eigenvalue weighted by atomic mass is 9.75. The van der Waals surface area contributed by atoms with Crippen LogP contribution < -0.4 is 11.1 Å². The van der Waals surface area contributed by atoms with Crippen LogP contribution in [0.15, 0.2) is 0 Å². The number of anilines is 1. The average Bonchev–Trinajstić information content (AvgIpc) is 2.36. The molecule has 1 aliphatic rings. The van der Waals surface area contributed by atoms with Gasteiger partial charge in [0.25, 0.3) is 0 Å². The van der Waals surface area contributed by atoms with Gasteiger partial charge < -0.3 is 11.1 Å². The lowest BCUT2D eigenvalue weighted by molar-refractivity contribution is 0.232. The molecule has 0 bridgehead atoms. The second-order valence-corrected chi connectivity index (χ2v) is 7.02. The van der Waals surface area contributed by atoms with Gasteiger partial charge in [-0.2, -0.15) is 5.10 Å². The normalized spacial score (nSPS) is 18.8. The number of hydrogen-bond donors (Lipinski definition) is 2. The highest BCUT2D eigenvalue weighted by atomic mass is 32.1. The van der Waals surface area contributed by atoms with E-state index >= 15 is 0 Å². The Hall–Kier alpha value is -1.23. The summed E-state index contributed by atoms with van der Waals surface area (Å²) in [5.74, 6) is 0.741. The monoisotopic (exact) mass is 292 g/mol. The van der Waals surface area contributed by atoms with Crippen molar-refractivity contribution >= 4 is 23.0 Å². The zero-order valence-electron chi connectivity index (χ0n) is 12.8. The van der Waals surface area contributed by atoms with Gasteiger partial charge in [0.2, 0.25) is 0 Å². The van der Waals surface area contributed by atoms with Gasteiger partial charge in [-0.3, -0.25) is 0 Å². The number of rotatable bonds is 3. The smallest absolute Gasteiger partial charge is 0.159 e. The molecule has 1 aromatic heterocycles. The number of nitrogens with one attached hydrogen (secondary N) is 1. The molecule has 0 radical (unpaired) electrons. The molecule has 3 N–H and O–H groups in total. The Morgan fingerprint density at radius 3 is 2.40 bits per heavy atom. The lowest BCUT2D eigenvalue weighted by Crippen LogP contribution is -2.31. The molecule has 1 heterocycles. The third-order valence-electron chi connectivity index (χ3n) is 4.38. The van der Waals surface area contributed by atoms with Gasteiger partial charge in [0.1, 0.15) is 4.99 Å². The molecule has 0 saturated heterocycles. The first-order valence-corrected chi connectivity index (χ1v) is 7.61. The van der Waals surface area contributed by atoms with Crippen LogP contribution in [0, 0.1) is 19.3 Å². The second-order valence-electron chi connectivity index (χ2n) is 6.58. The Kier molecular flexibility index (Phi) is 4.28. The van der Waals surface area contributed by atoms with Crippen molar-refractivity contribution in [1.29, 1.82) is 0 Å². The van der Waals surface area contributed by atoms with Gasteiger partial charge in [-0.1, -0.05) is 26.1 Å². The molecule has 0 aromatic carbocycles. The Labute approximate surface area is 126 Å². The van der Waals surface area contributed by atoms with E-state index in [1.807, 2.05) is 13.8 Å². The minimum Gasteiger partial charge on any atom is -0.389 e. The molecule has 0 aliphatic heterocycles. The van der Waals surface area contributed by atoms with Crippen molar-refractivity contribution in [1.82, 2.24) is 10.2 Å². The summed E-state index contributed by atoms with van der Waals surface area (Å²) >= 11 is 5.17. The van der Waals surface area contributed by atoms with Crippen molar-refractivity contribution in [3.63, 3.8) is 0 Å². The summed E-state index contributed by atoms with van der Waals surface area (Å²) in [5.41, 5.74) is 9.06. The highest BCUT2D eigenvalue weighted by molar-refractivity contribution is 7.80. The van der Waals surface area contributed by atoms with Crippen LogP contribution in [-0.2, 0) is 0 Å². The molecule has 0 unspecified atom stereocenters. The first-order chi connectivity index (χ1) is 9.30. The molecule has 4 nitrogen and oxygen atoms in total. The van der Waals surface area contributed by atoms with Crippen molar-refractivity contribution < 1.29 is 0 Å². The van der Waals surface area contributed by atoms with Gasteiger partial charge in [-0.15, -0.1) is 5.10 Å². The molecule has 1 aromatic rings. The zero-order valence-corrected chi connectivity index (χ0v) is 13.6. The van der Waals surface area contributed by atoms with E-state index in [9.17, 15) is 0 Å². The third kappa shape index (κ3) is 3.26. The van der Waals surface area contributed by atoms with E-state index in [4.69, 9.17) is 18.0 Å². The maximum Gasteiger partial charge on any atom is 0.159 e. The molecule has 0 atom stereocenters. The summed E-state index contributed by atoms with van der Waals surface area (Å²) in [6.45, 7) is 8.59. The quantitative estimate of drug-likeness (QED) is 0.838. The van der Waals surface area contributed by atoms with Gasteiger partial charge in [-0.05, 0) is 50.5 Å². The Morgan fingerprint density at radius 1 is 1.25 bits per heavy atom. The van der Waals surface area contributed by atoms with E-state index in [1.54, 1.807) is 0 Å². The van der Waals surface area contributed by atoms with E-state index in [1.165, 1.54) is 12.8 Å². The van der Waals surface area contributed by atoms with Crippen molar-refractivity contribution in [2.45, 2.75) is 59.4 Å². The molecular formula is C15H24N4S. The fourth-order valence-electron chi connectivity index (χ4n) is 2.75. The Morgan fingerprint density at radius 2 is 1.85 bits per heavy atom. The van der Waals surface area contributed by atoms with Crippen molar-refractivity contribution in [3.8, 4) is 0 Å². The van der Waals surface area contributed by atoms with Crippen LogP contribution in [0.1, 0.15) is 56.4 Å². The number of nitrogens with zero attached hydrogens (tertiary/aromatic N) is 2. The SMILES string of the molecule is Cc1nnc(NC2CCC(C)(C)CC2)c(C(N)=S)c1C. The van der Waals surface area contributed by atoms with Gasteiger partial charge in [-0.25, -0.2) is 0 Å². The van der Waals surface area contributed by atoms with Gasteiger partial charge >= 0.3 is 0 Å². The van der Waals surface area contributed by atoms with E-state index in [2.05, 4.69) is 29.4 Å². The first kappa shape index (κ1) is 15.2. The molecule has 20 heavy (non-hydrogen) atoms. The second kappa shape index (κ2) is 5.64. The Bertz CT molecular complexity index is 515. The molecule has 0 spiro atoms. The van der Waals surface area contributed by atoms with Crippen molar-refractivity contribution in [3.05, 3.63) is 16.8 Å². The first-order valence-electron chi connectivity index (χ1n) is 7.20. The van der Waals surface area contributed by atoms with E-state index < -0.39 is 0 Å². The summed E-state index contributed by atoms with van der Waals surface area (Å²) in [5, 5.41) is 11.9. The van der Waals surface area contributed by atoms with Crippen LogP contribution in [0.5, 0.6) is 0 Å². The van der Waals surface area contributed by atoms with Gasteiger partial charge in [0, 0.05) is 6.04 Å². The predicted octanol–water partition coefficient (Wildman–Crippen LogP) is 3.11. The standard InChI is InChI=1S/C15H24N4S/c1-9-10(2)18-19-14(12(9)13(16)20)17-11-5-7-15(3,4)8-6-11/h11H,5-8H2,1-4H3,(H2,16,20)(H,17,19). The molecule has 0 amide bonds. The van der Waals surface area contributed by atoms with Gasteiger partial charge in [0.15, 0.2) is 5.82 Å². The summed E-state index contributed by atoms with van der Waals surface area (Å²) in [4.78, 5) is 0.388. The minimum absolute atomic E-state index is 0.388. The molecular weight excluding hydrogens is 268 g/mol. The largest absolute Gasteiger partial charge is 0.389 e. The average molecular weight is 292 g/mol. The fourth-order valence-corrected chi connectivity index (χ4v) is 3.00. The number of hydrogen-bond acceptors (Lipinski definition) is 4.